The van der Waals surface area contributed by atoms with Crippen LogP contribution in [-0.2, 0) is 0 Å². The Morgan fingerprint density at radius 3 is 1.75 bits per heavy atom. The van der Waals surface area contributed by atoms with E-state index >= 15 is 0 Å². The standard InChI is InChI=1S/C11H17Cl/c12-11-6-9-2-7-1-8(3-9)5-10(11)4-7/h7-11H,1-6H2/t7-,8+,9?,10?,11-/m1/s1. The number of halogens is 1. The van der Waals surface area contributed by atoms with Gasteiger partial charge in [0.15, 0.2) is 0 Å². The molecular formula is C11H17Cl. The molecule has 0 aromatic rings. The summed E-state index contributed by atoms with van der Waals surface area (Å²) in [6, 6.07) is 0. The molecule has 0 aromatic carbocycles. The molecule has 0 nitrogen and oxygen atoms in total. The third-order valence-corrected chi connectivity index (χ3v) is 4.88. The fourth-order valence-electron chi connectivity index (χ4n) is 4.04. The lowest BCUT2D eigenvalue weighted by atomic mass is 9.68. The van der Waals surface area contributed by atoms with Crippen molar-refractivity contribution in [2.24, 2.45) is 23.7 Å². The Morgan fingerprint density at radius 2 is 1.17 bits per heavy atom. The van der Waals surface area contributed by atoms with Crippen LogP contribution in [0.15, 0.2) is 0 Å². The molecule has 68 valence electrons. The average Bonchev–Trinajstić information content (AvgIpc) is 2.16. The van der Waals surface area contributed by atoms with Crippen LogP contribution in [0.25, 0.3) is 0 Å². The van der Waals surface area contributed by atoms with Gasteiger partial charge in [-0.2, -0.15) is 0 Å². The smallest absolute Gasteiger partial charge is 0.0367 e. The lowest BCUT2D eigenvalue weighted by Gasteiger charge is -2.38. The van der Waals surface area contributed by atoms with Crippen LogP contribution in [-0.4, -0.2) is 5.38 Å². The molecule has 0 saturated heterocycles. The molecule has 4 aliphatic rings. The summed E-state index contributed by atoms with van der Waals surface area (Å²) in [6.45, 7) is 0. The Bertz CT molecular complexity index is 175. The summed E-state index contributed by atoms with van der Waals surface area (Å²) in [6.07, 6.45) is 8.81. The molecule has 4 fully saturated rings. The first kappa shape index (κ1) is 7.67. The molecule has 0 spiro atoms. The highest BCUT2D eigenvalue weighted by atomic mass is 35.5. The van der Waals surface area contributed by atoms with Crippen molar-refractivity contribution >= 4 is 11.6 Å². The largest absolute Gasteiger partial charge is 0.123 e. The monoisotopic (exact) mass is 184 g/mol. The Balaban J connectivity index is 1.91. The third kappa shape index (κ3) is 1.11. The van der Waals surface area contributed by atoms with Crippen molar-refractivity contribution in [3.8, 4) is 0 Å². The van der Waals surface area contributed by atoms with Crippen LogP contribution in [0.3, 0.4) is 0 Å². The molecule has 4 saturated carbocycles. The molecule has 0 heterocycles. The van der Waals surface area contributed by atoms with Gasteiger partial charge in [-0.15, -0.1) is 11.6 Å². The molecular weight excluding hydrogens is 168 g/mol. The van der Waals surface area contributed by atoms with Crippen molar-refractivity contribution in [1.29, 1.82) is 0 Å². The molecule has 12 heavy (non-hydrogen) atoms. The number of rotatable bonds is 0. The lowest BCUT2D eigenvalue weighted by Crippen LogP contribution is -2.28. The third-order valence-electron chi connectivity index (χ3n) is 4.34. The fourth-order valence-corrected chi connectivity index (χ4v) is 4.50. The molecule has 4 rings (SSSR count). The van der Waals surface area contributed by atoms with E-state index in [9.17, 15) is 0 Å². The maximum Gasteiger partial charge on any atom is 0.0367 e. The van der Waals surface area contributed by atoms with Gasteiger partial charge in [0, 0.05) is 5.38 Å². The number of alkyl halides is 1. The Kier molecular flexibility index (Phi) is 1.69. The van der Waals surface area contributed by atoms with E-state index in [0.29, 0.717) is 5.38 Å². The first-order valence-electron chi connectivity index (χ1n) is 5.45. The predicted molar refractivity (Wildman–Crippen MR) is 51.3 cm³/mol. The van der Waals surface area contributed by atoms with Crippen LogP contribution in [0.4, 0.5) is 0 Å². The molecule has 1 heteroatoms. The van der Waals surface area contributed by atoms with E-state index in [0.717, 1.165) is 23.7 Å². The normalized spacial score (nSPS) is 57.2. The maximum atomic E-state index is 6.41. The van der Waals surface area contributed by atoms with Gasteiger partial charge < -0.3 is 0 Å². The van der Waals surface area contributed by atoms with E-state index in [4.69, 9.17) is 11.6 Å². The van der Waals surface area contributed by atoms with Crippen molar-refractivity contribution in [1.82, 2.24) is 0 Å². The van der Waals surface area contributed by atoms with E-state index in [1.54, 1.807) is 0 Å². The Hall–Kier alpha value is 0.290. The van der Waals surface area contributed by atoms with Gasteiger partial charge in [-0.05, 0) is 62.2 Å². The van der Waals surface area contributed by atoms with Gasteiger partial charge in [0.1, 0.15) is 0 Å². The zero-order valence-corrected chi connectivity index (χ0v) is 8.26. The van der Waals surface area contributed by atoms with E-state index in [1.807, 2.05) is 0 Å². The molecule has 2 unspecified atom stereocenters. The van der Waals surface area contributed by atoms with Crippen LogP contribution in [0.2, 0.25) is 0 Å². The second-order valence-corrected chi connectivity index (χ2v) is 5.85. The average molecular weight is 185 g/mol. The Morgan fingerprint density at radius 1 is 0.667 bits per heavy atom. The summed E-state index contributed by atoms with van der Waals surface area (Å²) in [4.78, 5) is 0. The molecule has 4 aliphatic carbocycles. The lowest BCUT2D eigenvalue weighted by molar-refractivity contribution is 0.134. The van der Waals surface area contributed by atoms with Gasteiger partial charge in [0.25, 0.3) is 0 Å². The van der Waals surface area contributed by atoms with Crippen LogP contribution in [0.1, 0.15) is 38.5 Å². The van der Waals surface area contributed by atoms with Gasteiger partial charge in [0.05, 0.1) is 0 Å². The van der Waals surface area contributed by atoms with Crippen LogP contribution < -0.4 is 0 Å². The summed E-state index contributed by atoms with van der Waals surface area (Å²) in [7, 11) is 0. The minimum atomic E-state index is 0.533. The van der Waals surface area contributed by atoms with Gasteiger partial charge in [0.2, 0.25) is 0 Å². The SMILES string of the molecule is Cl[C@@H]1CC2C[C@@H]3CC1C[C@H](C2)C3. The van der Waals surface area contributed by atoms with E-state index in [2.05, 4.69) is 0 Å². The van der Waals surface area contributed by atoms with Gasteiger partial charge in [-0.1, -0.05) is 0 Å². The quantitative estimate of drug-likeness (QED) is 0.506. The molecule has 5 atom stereocenters. The molecule has 4 bridgehead atoms. The van der Waals surface area contributed by atoms with Crippen LogP contribution >= 0.6 is 11.6 Å². The zero-order valence-electron chi connectivity index (χ0n) is 7.51. The Labute approximate surface area is 79.7 Å². The summed E-state index contributed by atoms with van der Waals surface area (Å²) >= 11 is 6.41. The summed E-state index contributed by atoms with van der Waals surface area (Å²) < 4.78 is 0. The van der Waals surface area contributed by atoms with E-state index in [1.165, 1.54) is 38.5 Å². The predicted octanol–water partition coefficient (Wildman–Crippen LogP) is 3.44. The van der Waals surface area contributed by atoms with Crippen molar-refractivity contribution < 1.29 is 0 Å². The summed E-state index contributed by atoms with van der Waals surface area (Å²) in [5.74, 6) is 4.03. The van der Waals surface area contributed by atoms with Crippen molar-refractivity contribution in [2.45, 2.75) is 43.9 Å². The molecule has 0 radical (unpaired) electrons. The molecule has 0 N–H and O–H groups in total. The molecule has 0 aromatic heterocycles. The van der Waals surface area contributed by atoms with Crippen molar-refractivity contribution in [3.05, 3.63) is 0 Å². The van der Waals surface area contributed by atoms with E-state index < -0.39 is 0 Å². The van der Waals surface area contributed by atoms with Gasteiger partial charge in [-0.3, -0.25) is 0 Å². The molecule has 0 aliphatic heterocycles. The minimum absolute atomic E-state index is 0.533. The maximum absolute atomic E-state index is 6.41. The zero-order chi connectivity index (χ0) is 8.13. The highest BCUT2D eigenvalue weighted by Gasteiger charge is 2.42. The van der Waals surface area contributed by atoms with Crippen LogP contribution in [0, 0.1) is 23.7 Å². The second-order valence-electron chi connectivity index (χ2n) is 5.29. The van der Waals surface area contributed by atoms with Crippen molar-refractivity contribution in [3.63, 3.8) is 0 Å². The number of hydrogen-bond donors (Lipinski definition) is 0. The topological polar surface area (TPSA) is 0 Å². The first-order valence-corrected chi connectivity index (χ1v) is 5.89. The highest BCUT2D eigenvalue weighted by molar-refractivity contribution is 6.20. The second kappa shape index (κ2) is 2.64. The summed E-state index contributed by atoms with van der Waals surface area (Å²) in [5, 5.41) is 0.533. The van der Waals surface area contributed by atoms with Crippen LogP contribution in [0.5, 0.6) is 0 Å². The fraction of sp³-hybridized carbons (Fsp3) is 1.00. The van der Waals surface area contributed by atoms with Gasteiger partial charge >= 0.3 is 0 Å². The first-order chi connectivity index (χ1) is 5.81. The van der Waals surface area contributed by atoms with Gasteiger partial charge in [-0.25, -0.2) is 0 Å². The summed E-state index contributed by atoms with van der Waals surface area (Å²) in [5.41, 5.74) is 0. The molecule has 0 amide bonds. The van der Waals surface area contributed by atoms with Crippen molar-refractivity contribution in [2.75, 3.05) is 0 Å². The van der Waals surface area contributed by atoms with E-state index in [-0.39, 0.29) is 0 Å². The minimum Gasteiger partial charge on any atom is -0.123 e. The highest BCUT2D eigenvalue weighted by Crippen LogP contribution is 2.52. The number of hydrogen-bond acceptors (Lipinski definition) is 0. The number of fused-ring (bicyclic) bond motifs is 1.